The summed E-state index contributed by atoms with van der Waals surface area (Å²) in [5.41, 5.74) is 7.76. The summed E-state index contributed by atoms with van der Waals surface area (Å²) in [5, 5.41) is 6.16. The highest BCUT2D eigenvalue weighted by Crippen LogP contribution is 2.18. The van der Waals surface area contributed by atoms with Crippen LogP contribution >= 0.6 is 0 Å². The Morgan fingerprint density at radius 3 is 2.90 bits per heavy atom. The van der Waals surface area contributed by atoms with Crippen LogP contribution in [0.25, 0.3) is 10.4 Å². The molecule has 0 radical (unpaired) electrons. The van der Waals surface area contributed by atoms with Crippen LogP contribution in [0.5, 0.6) is 0 Å². The minimum absolute atomic E-state index is 0.0745. The molecular weight excluding hydrogens is 274 g/mol. The van der Waals surface area contributed by atoms with Crippen LogP contribution < -0.4 is 5.32 Å². The van der Waals surface area contributed by atoms with Crippen LogP contribution in [0.15, 0.2) is 5.11 Å². The van der Waals surface area contributed by atoms with E-state index < -0.39 is 11.7 Å². The molecule has 21 heavy (non-hydrogen) atoms. The Hall–Kier alpha value is -1.95. The highest BCUT2D eigenvalue weighted by Gasteiger charge is 2.28. The van der Waals surface area contributed by atoms with Crippen molar-refractivity contribution in [2.45, 2.75) is 39.2 Å². The summed E-state index contributed by atoms with van der Waals surface area (Å²) in [5.74, 6) is 0.178. The van der Waals surface area contributed by atoms with Gasteiger partial charge in [-0.15, -0.1) is 0 Å². The van der Waals surface area contributed by atoms with E-state index in [-0.39, 0.29) is 11.8 Å². The molecule has 1 N–H and O–H groups in total. The van der Waals surface area contributed by atoms with Gasteiger partial charge in [0.15, 0.2) is 0 Å². The van der Waals surface area contributed by atoms with E-state index in [2.05, 4.69) is 15.3 Å². The van der Waals surface area contributed by atoms with Gasteiger partial charge in [0.05, 0.1) is 0 Å². The highest BCUT2D eigenvalue weighted by molar-refractivity contribution is 5.78. The molecule has 0 aliphatic carbocycles. The number of carbonyl (C=O) groups is 2. The number of azide groups is 1. The van der Waals surface area contributed by atoms with E-state index in [0.717, 1.165) is 0 Å². The molecule has 1 unspecified atom stereocenters. The van der Waals surface area contributed by atoms with Crippen molar-refractivity contribution in [3.05, 3.63) is 10.4 Å². The fourth-order valence-corrected chi connectivity index (χ4v) is 2.12. The summed E-state index contributed by atoms with van der Waals surface area (Å²) < 4.78 is 5.12. The molecule has 118 valence electrons. The Balaban J connectivity index is 2.20. The van der Waals surface area contributed by atoms with Crippen molar-refractivity contribution in [3.63, 3.8) is 0 Å². The fourth-order valence-electron chi connectivity index (χ4n) is 2.12. The topological polar surface area (TPSA) is 107 Å². The zero-order chi connectivity index (χ0) is 15.9. The van der Waals surface area contributed by atoms with Crippen LogP contribution in [0.1, 0.15) is 33.6 Å². The number of nitrogens with zero attached hydrogens (tertiary/aromatic N) is 4. The number of ether oxygens (including phenoxy) is 1. The lowest BCUT2D eigenvalue weighted by molar-refractivity contribution is -0.127. The minimum Gasteiger partial charge on any atom is -0.444 e. The first-order chi connectivity index (χ1) is 9.81. The molecule has 1 rings (SSSR count). The van der Waals surface area contributed by atoms with Crippen molar-refractivity contribution >= 4 is 12.0 Å². The summed E-state index contributed by atoms with van der Waals surface area (Å²) in [7, 11) is 0. The Labute approximate surface area is 124 Å². The smallest absolute Gasteiger partial charge is 0.407 e. The van der Waals surface area contributed by atoms with Crippen molar-refractivity contribution in [2.24, 2.45) is 11.0 Å². The highest BCUT2D eigenvalue weighted by atomic mass is 16.6. The normalized spacial score (nSPS) is 18.3. The molecule has 0 aromatic heterocycles. The predicted molar refractivity (Wildman–Crippen MR) is 77.6 cm³/mol. The molecule has 0 spiro atoms. The first-order valence-corrected chi connectivity index (χ1v) is 7.07. The van der Waals surface area contributed by atoms with Gasteiger partial charge in [-0.3, -0.25) is 4.79 Å². The van der Waals surface area contributed by atoms with Crippen molar-refractivity contribution in [1.82, 2.24) is 10.2 Å². The SMILES string of the molecule is CC(C)(C)OC(=O)NCCCN1CC(CN=[N+]=[N-])CC1=O. The number of hydrogen-bond acceptors (Lipinski definition) is 4. The van der Waals surface area contributed by atoms with Crippen LogP contribution in [-0.2, 0) is 9.53 Å². The second kappa shape index (κ2) is 7.73. The lowest BCUT2D eigenvalue weighted by Crippen LogP contribution is -2.35. The molecule has 0 aromatic carbocycles. The minimum atomic E-state index is -0.510. The van der Waals surface area contributed by atoms with E-state index in [4.69, 9.17) is 10.3 Å². The van der Waals surface area contributed by atoms with Gasteiger partial charge in [0, 0.05) is 37.5 Å². The second-order valence-corrected chi connectivity index (χ2v) is 6.11. The lowest BCUT2D eigenvalue weighted by atomic mass is 10.1. The van der Waals surface area contributed by atoms with Crippen LogP contribution in [0.4, 0.5) is 4.79 Å². The number of carbonyl (C=O) groups excluding carboxylic acids is 2. The van der Waals surface area contributed by atoms with Gasteiger partial charge in [0.25, 0.3) is 0 Å². The second-order valence-electron chi connectivity index (χ2n) is 6.11. The molecule has 1 atom stereocenters. The summed E-state index contributed by atoms with van der Waals surface area (Å²) in [6.07, 6.45) is 0.647. The molecule has 8 heteroatoms. The van der Waals surface area contributed by atoms with Crippen molar-refractivity contribution in [2.75, 3.05) is 26.2 Å². The number of alkyl carbamates (subject to hydrolysis) is 1. The molecule has 1 aliphatic rings. The number of likely N-dealkylation sites (tertiary alicyclic amines) is 1. The van der Waals surface area contributed by atoms with E-state index in [9.17, 15) is 9.59 Å². The number of rotatable bonds is 6. The first-order valence-electron chi connectivity index (χ1n) is 7.07. The maximum atomic E-state index is 11.7. The van der Waals surface area contributed by atoms with Crippen molar-refractivity contribution in [1.29, 1.82) is 0 Å². The van der Waals surface area contributed by atoms with Gasteiger partial charge in [-0.2, -0.15) is 0 Å². The number of nitrogens with one attached hydrogen (secondary N) is 1. The molecule has 1 aliphatic heterocycles. The number of hydrogen-bond donors (Lipinski definition) is 1. The summed E-state index contributed by atoms with van der Waals surface area (Å²) >= 11 is 0. The van der Waals surface area contributed by atoms with Gasteiger partial charge in [-0.1, -0.05) is 5.11 Å². The standard InChI is InChI=1S/C13H23N5O3/c1-13(2,3)21-12(20)15-5-4-6-18-9-10(7-11(18)19)8-16-17-14/h10H,4-9H2,1-3H3,(H,15,20). The van der Waals surface area contributed by atoms with Crippen molar-refractivity contribution in [3.8, 4) is 0 Å². The third kappa shape index (κ3) is 6.85. The third-order valence-corrected chi connectivity index (χ3v) is 2.97. The van der Waals surface area contributed by atoms with Gasteiger partial charge in [-0.05, 0) is 38.6 Å². The molecule has 0 aromatic rings. The van der Waals surface area contributed by atoms with Crippen molar-refractivity contribution < 1.29 is 14.3 Å². The number of amides is 2. The van der Waals surface area contributed by atoms with Gasteiger partial charge in [-0.25, -0.2) is 4.79 Å². The van der Waals surface area contributed by atoms with E-state index >= 15 is 0 Å². The average Bonchev–Trinajstić information content (AvgIpc) is 2.71. The molecule has 0 bridgehead atoms. The Morgan fingerprint density at radius 2 is 2.29 bits per heavy atom. The maximum absolute atomic E-state index is 11.7. The van der Waals surface area contributed by atoms with E-state index in [1.165, 1.54) is 0 Å². The monoisotopic (exact) mass is 297 g/mol. The Bertz CT molecular complexity index is 426. The molecule has 2 amide bonds. The van der Waals surface area contributed by atoms with Gasteiger partial charge in [0.1, 0.15) is 5.60 Å². The van der Waals surface area contributed by atoms with Gasteiger partial charge >= 0.3 is 6.09 Å². The molecule has 1 heterocycles. The van der Waals surface area contributed by atoms with Crippen LogP contribution in [-0.4, -0.2) is 48.7 Å². The van der Waals surface area contributed by atoms with E-state index in [0.29, 0.717) is 39.0 Å². The molecular formula is C13H23N5O3. The van der Waals surface area contributed by atoms with E-state index in [1.54, 1.807) is 25.7 Å². The molecule has 1 fully saturated rings. The molecule has 1 saturated heterocycles. The Morgan fingerprint density at radius 1 is 1.57 bits per heavy atom. The van der Waals surface area contributed by atoms with Gasteiger partial charge < -0.3 is 15.0 Å². The summed E-state index contributed by atoms with van der Waals surface area (Å²) in [6.45, 7) is 7.43. The Kier molecular flexibility index (Phi) is 6.30. The predicted octanol–water partition coefficient (Wildman–Crippen LogP) is 2.06. The summed E-state index contributed by atoms with van der Waals surface area (Å²) in [4.78, 5) is 27.6. The van der Waals surface area contributed by atoms with Gasteiger partial charge in [0.2, 0.25) is 5.91 Å². The van der Waals surface area contributed by atoms with Crippen LogP contribution in [0.3, 0.4) is 0 Å². The van der Waals surface area contributed by atoms with E-state index in [1.807, 2.05) is 0 Å². The molecule has 8 nitrogen and oxygen atoms in total. The average molecular weight is 297 g/mol. The third-order valence-electron chi connectivity index (χ3n) is 2.97. The van der Waals surface area contributed by atoms with Crippen LogP contribution in [0.2, 0.25) is 0 Å². The fraction of sp³-hybridized carbons (Fsp3) is 0.846. The lowest BCUT2D eigenvalue weighted by Gasteiger charge is -2.20. The zero-order valence-electron chi connectivity index (χ0n) is 12.8. The zero-order valence-corrected chi connectivity index (χ0v) is 12.8. The largest absolute Gasteiger partial charge is 0.444 e. The maximum Gasteiger partial charge on any atom is 0.407 e. The van der Waals surface area contributed by atoms with Crippen LogP contribution in [0, 0.1) is 5.92 Å². The quantitative estimate of drug-likeness (QED) is 0.351. The first kappa shape index (κ1) is 17.1. The summed E-state index contributed by atoms with van der Waals surface area (Å²) in [6, 6.07) is 0. The molecule has 0 saturated carbocycles.